The predicted molar refractivity (Wildman–Crippen MR) is 57.0 cm³/mol. The van der Waals surface area contributed by atoms with E-state index in [1.54, 1.807) is 11.3 Å². The zero-order chi connectivity index (χ0) is 9.10. The Kier molecular flexibility index (Phi) is 2.57. The molecule has 0 radical (unpaired) electrons. The van der Waals surface area contributed by atoms with Crippen LogP contribution in [0.2, 0.25) is 0 Å². The Morgan fingerprint density at radius 2 is 2.31 bits per heavy atom. The Balaban J connectivity index is 2.37. The second-order valence-corrected chi connectivity index (χ2v) is 3.86. The van der Waals surface area contributed by atoms with Crippen LogP contribution in [0.1, 0.15) is 12.0 Å². The largest absolute Gasteiger partial charge is 0.330 e. The smallest absolute Gasteiger partial charge is 0.0814 e. The second-order valence-electron chi connectivity index (χ2n) is 3.01. The molecule has 68 valence electrons. The molecule has 0 aliphatic rings. The highest BCUT2D eigenvalue weighted by atomic mass is 32.1. The van der Waals surface area contributed by atoms with Crippen molar-refractivity contribution < 1.29 is 0 Å². The summed E-state index contributed by atoms with van der Waals surface area (Å²) in [6, 6.07) is 6.28. The molecule has 0 saturated heterocycles. The summed E-state index contributed by atoms with van der Waals surface area (Å²) in [5, 5.41) is 0. The van der Waals surface area contributed by atoms with Crippen LogP contribution < -0.4 is 5.73 Å². The summed E-state index contributed by atoms with van der Waals surface area (Å²) in [6.07, 6.45) is 2.12. The third-order valence-corrected chi connectivity index (χ3v) is 3.01. The van der Waals surface area contributed by atoms with Gasteiger partial charge in [0.2, 0.25) is 0 Å². The maximum absolute atomic E-state index is 5.48. The lowest BCUT2D eigenvalue weighted by atomic mass is 10.1. The van der Waals surface area contributed by atoms with Gasteiger partial charge in [-0.25, -0.2) is 4.98 Å². The molecule has 2 nitrogen and oxygen atoms in total. The van der Waals surface area contributed by atoms with Gasteiger partial charge in [0.25, 0.3) is 0 Å². The van der Waals surface area contributed by atoms with Crippen LogP contribution in [0, 0.1) is 0 Å². The predicted octanol–water partition coefficient (Wildman–Crippen LogP) is 2.19. The molecule has 1 heterocycles. The Labute approximate surface area is 81.4 Å². The molecule has 0 aliphatic carbocycles. The maximum Gasteiger partial charge on any atom is 0.0814 e. The standard InChI is InChI=1S/C10H12N2S/c11-6-2-4-8-3-1-5-9-10(8)13-7-12-9/h1,3,5,7H,2,4,6,11H2. The van der Waals surface area contributed by atoms with E-state index < -0.39 is 0 Å². The molecule has 0 atom stereocenters. The number of hydrogen-bond donors (Lipinski definition) is 1. The highest BCUT2D eigenvalue weighted by Crippen LogP contribution is 2.22. The first-order valence-corrected chi connectivity index (χ1v) is 5.31. The van der Waals surface area contributed by atoms with Crippen LogP contribution in [0.15, 0.2) is 23.7 Å². The Morgan fingerprint density at radius 3 is 3.15 bits per heavy atom. The van der Waals surface area contributed by atoms with Crippen molar-refractivity contribution >= 4 is 21.6 Å². The van der Waals surface area contributed by atoms with Crippen LogP contribution in [0.25, 0.3) is 10.2 Å². The maximum atomic E-state index is 5.48. The summed E-state index contributed by atoms with van der Waals surface area (Å²) in [7, 11) is 0. The average Bonchev–Trinajstić information content (AvgIpc) is 2.62. The van der Waals surface area contributed by atoms with E-state index in [2.05, 4.69) is 23.2 Å². The molecular weight excluding hydrogens is 180 g/mol. The fourth-order valence-electron chi connectivity index (χ4n) is 1.43. The lowest BCUT2D eigenvalue weighted by molar-refractivity contribution is 0.838. The van der Waals surface area contributed by atoms with Gasteiger partial charge in [-0.15, -0.1) is 11.3 Å². The number of aryl methyl sites for hydroxylation is 1. The van der Waals surface area contributed by atoms with Gasteiger partial charge >= 0.3 is 0 Å². The fourth-order valence-corrected chi connectivity index (χ4v) is 2.27. The number of nitrogens with zero attached hydrogens (tertiary/aromatic N) is 1. The molecule has 0 saturated carbocycles. The normalized spacial score (nSPS) is 10.8. The monoisotopic (exact) mass is 192 g/mol. The first-order chi connectivity index (χ1) is 6.42. The summed E-state index contributed by atoms with van der Waals surface area (Å²) < 4.78 is 1.32. The number of rotatable bonds is 3. The van der Waals surface area contributed by atoms with E-state index in [0.717, 1.165) is 24.9 Å². The Bertz CT molecular complexity index is 394. The summed E-state index contributed by atoms with van der Waals surface area (Å²) in [4.78, 5) is 4.27. The third-order valence-electron chi connectivity index (χ3n) is 2.09. The first kappa shape index (κ1) is 8.66. The van der Waals surface area contributed by atoms with Crippen molar-refractivity contribution in [2.24, 2.45) is 5.73 Å². The molecule has 0 aliphatic heterocycles. The van der Waals surface area contributed by atoms with Crippen molar-refractivity contribution in [3.8, 4) is 0 Å². The molecule has 0 spiro atoms. The first-order valence-electron chi connectivity index (χ1n) is 4.43. The minimum absolute atomic E-state index is 0.759. The zero-order valence-electron chi connectivity index (χ0n) is 7.36. The number of nitrogens with two attached hydrogens (primary N) is 1. The van der Waals surface area contributed by atoms with Crippen molar-refractivity contribution in [2.45, 2.75) is 12.8 Å². The highest BCUT2D eigenvalue weighted by Gasteiger charge is 2.01. The van der Waals surface area contributed by atoms with E-state index in [1.165, 1.54) is 10.3 Å². The molecule has 13 heavy (non-hydrogen) atoms. The summed E-state index contributed by atoms with van der Waals surface area (Å²) in [5.41, 5.74) is 9.87. The fraction of sp³-hybridized carbons (Fsp3) is 0.300. The van der Waals surface area contributed by atoms with Gasteiger partial charge < -0.3 is 5.73 Å². The van der Waals surface area contributed by atoms with Gasteiger partial charge in [0.15, 0.2) is 0 Å². The quantitative estimate of drug-likeness (QED) is 0.809. The minimum Gasteiger partial charge on any atom is -0.330 e. The third kappa shape index (κ3) is 1.71. The molecule has 0 amide bonds. The van der Waals surface area contributed by atoms with Crippen molar-refractivity contribution in [2.75, 3.05) is 6.54 Å². The minimum atomic E-state index is 0.759. The molecule has 1 aromatic heterocycles. The van der Waals surface area contributed by atoms with Gasteiger partial charge in [-0.05, 0) is 31.0 Å². The van der Waals surface area contributed by atoms with E-state index in [4.69, 9.17) is 5.73 Å². The Hall–Kier alpha value is -0.930. The molecule has 3 heteroatoms. The lowest BCUT2D eigenvalue weighted by Gasteiger charge is -1.99. The highest BCUT2D eigenvalue weighted by molar-refractivity contribution is 7.16. The summed E-state index contributed by atoms with van der Waals surface area (Å²) in [6.45, 7) is 0.759. The van der Waals surface area contributed by atoms with Crippen molar-refractivity contribution in [1.29, 1.82) is 0 Å². The second kappa shape index (κ2) is 3.85. The zero-order valence-corrected chi connectivity index (χ0v) is 8.18. The van der Waals surface area contributed by atoms with E-state index in [1.807, 2.05) is 5.51 Å². The average molecular weight is 192 g/mol. The van der Waals surface area contributed by atoms with Crippen LogP contribution in [-0.4, -0.2) is 11.5 Å². The van der Waals surface area contributed by atoms with Crippen molar-refractivity contribution in [1.82, 2.24) is 4.98 Å². The molecular formula is C10H12N2S. The number of fused-ring (bicyclic) bond motifs is 1. The Morgan fingerprint density at radius 1 is 1.38 bits per heavy atom. The van der Waals surface area contributed by atoms with Gasteiger partial charge in [0, 0.05) is 0 Å². The van der Waals surface area contributed by atoms with Crippen molar-refractivity contribution in [3.63, 3.8) is 0 Å². The van der Waals surface area contributed by atoms with E-state index in [9.17, 15) is 0 Å². The number of aromatic nitrogens is 1. The van der Waals surface area contributed by atoms with Gasteiger partial charge in [-0.3, -0.25) is 0 Å². The van der Waals surface area contributed by atoms with E-state index >= 15 is 0 Å². The van der Waals surface area contributed by atoms with E-state index in [0.29, 0.717) is 0 Å². The SMILES string of the molecule is NCCCc1cccc2ncsc12. The molecule has 1 aromatic carbocycles. The number of hydrogen-bond acceptors (Lipinski definition) is 3. The van der Waals surface area contributed by atoms with Gasteiger partial charge in [0.1, 0.15) is 0 Å². The van der Waals surface area contributed by atoms with Crippen LogP contribution in [0.4, 0.5) is 0 Å². The number of thiazole rings is 1. The molecule has 2 rings (SSSR count). The molecule has 0 fully saturated rings. The summed E-state index contributed by atoms with van der Waals surface area (Å²) >= 11 is 1.71. The van der Waals surface area contributed by atoms with Gasteiger partial charge in [0.05, 0.1) is 15.7 Å². The van der Waals surface area contributed by atoms with E-state index in [-0.39, 0.29) is 0 Å². The van der Waals surface area contributed by atoms with Crippen molar-refractivity contribution in [3.05, 3.63) is 29.3 Å². The van der Waals surface area contributed by atoms with Crippen LogP contribution in [-0.2, 0) is 6.42 Å². The van der Waals surface area contributed by atoms with Crippen LogP contribution >= 0.6 is 11.3 Å². The van der Waals surface area contributed by atoms with Gasteiger partial charge in [-0.1, -0.05) is 12.1 Å². The molecule has 0 bridgehead atoms. The lowest BCUT2D eigenvalue weighted by Crippen LogP contribution is -2.00. The van der Waals surface area contributed by atoms with Gasteiger partial charge in [-0.2, -0.15) is 0 Å². The summed E-state index contributed by atoms with van der Waals surface area (Å²) in [5.74, 6) is 0. The number of benzene rings is 1. The topological polar surface area (TPSA) is 38.9 Å². The van der Waals surface area contributed by atoms with Crippen LogP contribution in [0.3, 0.4) is 0 Å². The molecule has 2 N–H and O–H groups in total. The van der Waals surface area contributed by atoms with Crippen LogP contribution in [0.5, 0.6) is 0 Å². The molecule has 0 unspecified atom stereocenters. The molecule has 2 aromatic rings.